The number of hydrogen-bond donors (Lipinski definition) is 1. The Morgan fingerprint density at radius 2 is 1.89 bits per heavy atom. The predicted molar refractivity (Wildman–Crippen MR) is 73.9 cm³/mol. The predicted octanol–water partition coefficient (Wildman–Crippen LogP) is 2.95. The highest BCUT2D eigenvalue weighted by molar-refractivity contribution is 9.10. The monoisotopic (exact) mass is 326 g/mol. The summed E-state index contributed by atoms with van der Waals surface area (Å²) in [6, 6.07) is 10.1. The maximum atomic E-state index is 12.2. The van der Waals surface area contributed by atoms with E-state index in [0.29, 0.717) is 15.9 Å². The number of halogens is 1. The molecule has 6 heteroatoms. The van der Waals surface area contributed by atoms with Crippen molar-refractivity contribution in [2.75, 3.05) is 4.72 Å². The molecule has 0 aliphatic carbocycles. The number of nitrogens with zero attached hydrogens (tertiary/aromatic N) is 1. The maximum Gasteiger partial charge on any atom is 0.262 e. The molecule has 1 N–H and O–H groups in total. The van der Waals surface area contributed by atoms with Crippen LogP contribution in [0, 0.1) is 6.92 Å². The van der Waals surface area contributed by atoms with E-state index < -0.39 is 10.0 Å². The van der Waals surface area contributed by atoms with E-state index in [-0.39, 0.29) is 4.90 Å². The average molecular weight is 327 g/mol. The van der Waals surface area contributed by atoms with Gasteiger partial charge in [-0.05, 0) is 46.6 Å². The van der Waals surface area contributed by atoms with E-state index >= 15 is 0 Å². The number of benzene rings is 1. The third kappa shape index (κ3) is 2.70. The van der Waals surface area contributed by atoms with Gasteiger partial charge in [0.1, 0.15) is 4.60 Å². The van der Waals surface area contributed by atoms with Gasteiger partial charge >= 0.3 is 0 Å². The standard InChI is InChI=1S/C12H11BrN2O2S/c1-9-5-2-3-7-11(9)18(16,17)15-10-6-4-8-14-12(10)13/h2-8,15H,1H3. The highest BCUT2D eigenvalue weighted by atomic mass is 79.9. The van der Waals surface area contributed by atoms with Crippen LogP contribution in [0.3, 0.4) is 0 Å². The molecule has 0 aliphatic rings. The number of sulfonamides is 1. The van der Waals surface area contributed by atoms with Gasteiger partial charge in [0.25, 0.3) is 10.0 Å². The van der Waals surface area contributed by atoms with Gasteiger partial charge in [0.2, 0.25) is 0 Å². The van der Waals surface area contributed by atoms with E-state index in [0.717, 1.165) is 0 Å². The smallest absolute Gasteiger partial charge is 0.262 e. The highest BCUT2D eigenvalue weighted by Crippen LogP contribution is 2.23. The molecule has 1 heterocycles. The third-order valence-corrected chi connectivity index (χ3v) is 4.54. The topological polar surface area (TPSA) is 59.1 Å². The second kappa shape index (κ2) is 5.07. The van der Waals surface area contributed by atoms with Gasteiger partial charge in [0.15, 0.2) is 0 Å². The van der Waals surface area contributed by atoms with Gasteiger partial charge in [-0.15, -0.1) is 0 Å². The molecule has 0 atom stereocenters. The van der Waals surface area contributed by atoms with Crippen LogP contribution in [0.2, 0.25) is 0 Å². The van der Waals surface area contributed by atoms with Crippen molar-refractivity contribution in [3.05, 3.63) is 52.8 Å². The number of aromatic nitrogens is 1. The van der Waals surface area contributed by atoms with Crippen LogP contribution in [-0.2, 0) is 10.0 Å². The SMILES string of the molecule is Cc1ccccc1S(=O)(=O)Nc1cccnc1Br. The molecule has 0 saturated heterocycles. The Bertz CT molecular complexity index is 671. The van der Waals surface area contributed by atoms with Crippen molar-refractivity contribution in [3.63, 3.8) is 0 Å². The summed E-state index contributed by atoms with van der Waals surface area (Å²) < 4.78 is 27.4. The van der Waals surface area contributed by atoms with Crippen LogP contribution in [0.5, 0.6) is 0 Å². The van der Waals surface area contributed by atoms with Gasteiger partial charge in [0, 0.05) is 6.20 Å². The van der Waals surface area contributed by atoms with E-state index in [1.807, 2.05) is 0 Å². The van der Waals surface area contributed by atoms with E-state index in [1.165, 1.54) is 0 Å². The Morgan fingerprint density at radius 3 is 2.56 bits per heavy atom. The highest BCUT2D eigenvalue weighted by Gasteiger charge is 2.17. The fourth-order valence-corrected chi connectivity index (χ4v) is 3.31. The number of rotatable bonds is 3. The summed E-state index contributed by atoms with van der Waals surface area (Å²) in [5, 5.41) is 0. The van der Waals surface area contributed by atoms with Crippen molar-refractivity contribution in [1.29, 1.82) is 0 Å². The van der Waals surface area contributed by atoms with Crippen LogP contribution in [0.1, 0.15) is 5.56 Å². The largest absolute Gasteiger partial charge is 0.277 e. The van der Waals surface area contributed by atoms with Gasteiger partial charge in [0.05, 0.1) is 10.6 Å². The first-order chi connectivity index (χ1) is 8.50. The molecule has 0 aliphatic heterocycles. The van der Waals surface area contributed by atoms with Gasteiger partial charge in [-0.2, -0.15) is 0 Å². The fraction of sp³-hybridized carbons (Fsp3) is 0.0833. The van der Waals surface area contributed by atoms with E-state index in [9.17, 15) is 8.42 Å². The zero-order valence-corrected chi connectivity index (χ0v) is 12.0. The van der Waals surface area contributed by atoms with Crippen LogP contribution >= 0.6 is 15.9 Å². The lowest BCUT2D eigenvalue weighted by molar-refractivity contribution is 0.600. The molecule has 0 amide bonds. The minimum Gasteiger partial charge on any atom is -0.277 e. The first-order valence-electron chi connectivity index (χ1n) is 5.20. The van der Waals surface area contributed by atoms with E-state index in [2.05, 4.69) is 25.6 Å². The van der Waals surface area contributed by atoms with Crippen molar-refractivity contribution in [1.82, 2.24) is 4.98 Å². The molecule has 0 unspecified atom stereocenters. The summed E-state index contributed by atoms with van der Waals surface area (Å²) in [6.07, 6.45) is 1.58. The molecule has 4 nitrogen and oxygen atoms in total. The molecule has 94 valence electrons. The molecule has 1 aromatic heterocycles. The number of anilines is 1. The van der Waals surface area contributed by atoms with Crippen molar-refractivity contribution in [2.24, 2.45) is 0 Å². The first-order valence-corrected chi connectivity index (χ1v) is 7.47. The van der Waals surface area contributed by atoms with E-state index in [1.54, 1.807) is 49.5 Å². The molecule has 0 radical (unpaired) electrons. The van der Waals surface area contributed by atoms with Gasteiger partial charge in [-0.25, -0.2) is 13.4 Å². The summed E-state index contributed by atoms with van der Waals surface area (Å²) in [5.74, 6) is 0. The first kappa shape index (κ1) is 13.0. The molecule has 0 fully saturated rings. The van der Waals surface area contributed by atoms with Gasteiger partial charge in [-0.1, -0.05) is 18.2 Å². The lowest BCUT2D eigenvalue weighted by Gasteiger charge is -2.10. The van der Waals surface area contributed by atoms with Crippen LogP contribution in [0.4, 0.5) is 5.69 Å². The zero-order valence-electron chi connectivity index (χ0n) is 9.59. The Balaban J connectivity index is 2.40. The molecule has 0 spiro atoms. The third-order valence-electron chi connectivity index (χ3n) is 2.39. The van der Waals surface area contributed by atoms with E-state index in [4.69, 9.17) is 0 Å². The Labute approximate surface area is 114 Å². The molecular formula is C12H11BrN2O2S. The summed E-state index contributed by atoms with van der Waals surface area (Å²) >= 11 is 3.20. The summed E-state index contributed by atoms with van der Waals surface area (Å²) in [7, 11) is -3.59. The molecule has 0 bridgehead atoms. The van der Waals surface area contributed by atoms with Crippen molar-refractivity contribution < 1.29 is 8.42 Å². The number of hydrogen-bond acceptors (Lipinski definition) is 3. The summed E-state index contributed by atoms with van der Waals surface area (Å²) in [5.41, 5.74) is 1.12. The molecule has 0 saturated carbocycles. The van der Waals surface area contributed by atoms with Crippen LogP contribution in [-0.4, -0.2) is 13.4 Å². The number of nitrogens with one attached hydrogen (secondary N) is 1. The van der Waals surface area contributed by atoms with Crippen molar-refractivity contribution in [2.45, 2.75) is 11.8 Å². The Hall–Kier alpha value is -1.40. The minimum atomic E-state index is -3.59. The van der Waals surface area contributed by atoms with Gasteiger partial charge in [-0.3, -0.25) is 4.72 Å². The summed E-state index contributed by atoms with van der Waals surface area (Å²) in [4.78, 5) is 4.23. The summed E-state index contributed by atoms with van der Waals surface area (Å²) in [6.45, 7) is 1.76. The minimum absolute atomic E-state index is 0.265. The lowest BCUT2D eigenvalue weighted by Crippen LogP contribution is -2.14. The number of pyridine rings is 1. The lowest BCUT2D eigenvalue weighted by atomic mass is 10.2. The molecule has 18 heavy (non-hydrogen) atoms. The molecule has 1 aromatic carbocycles. The van der Waals surface area contributed by atoms with Crippen LogP contribution in [0.25, 0.3) is 0 Å². The normalized spacial score (nSPS) is 11.2. The van der Waals surface area contributed by atoms with Crippen molar-refractivity contribution >= 4 is 31.6 Å². The maximum absolute atomic E-state index is 12.2. The van der Waals surface area contributed by atoms with Crippen LogP contribution in [0.15, 0.2) is 52.1 Å². The molecular weight excluding hydrogens is 316 g/mol. The zero-order chi connectivity index (χ0) is 13.2. The Morgan fingerprint density at radius 1 is 1.17 bits per heavy atom. The quantitative estimate of drug-likeness (QED) is 0.882. The van der Waals surface area contributed by atoms with Crippen molar-refractivity contribution in [3.8, 4) is 0 Å². The van der Waals surface area contributed by atoms with Crippen LogP contribution < -0.4 is 4.72 Å². The second-order valence-electron chi connectivity index (χ2n) is 3.71. The fourth-order valence-electron chi connectivity index (χ4n) is 1.52. The molecule has 2 aromatic rings. The Kier molecular flexibility index (Phi) is 3.68. The second-order valence-corrected chi connectivity index (χ2v) is 6.11. The van der Waals surface area contributed by atoms with Gasteiger partial charge < -0.3 is 0 Å². The number of aryl methyl sites for hydroxylation is 1. The average Bonchev–Trinajstić information content (AvgIpc) is 2.32. The molecule has 2 rings (SSSR count).